The summed E-state index contributed by atoms with van der Waals surface area (Å²) >= 11 is 0. The number of piperidine rings is 1. The van der Waals surface area contributed by atoms with Crippen LogP contribution in [0.25, 0.3) is 5.52 Å². The Morgan fingerprint density at radius 2 is 2.00 bits per heavy atom. The van der Waals surface area contributed by atoms with Crippen LogP contribution in [0.15, 0.2) is 67.5 Å². The molecule has 29 heavy (non-hydrogen) atoms. The number of carbonyl (C=O) groups excluding carboxylic acids is 1. The van der Waals surface area contributed by atoms with Crippen LogP contribution in [0.2, 0.25) is 0 Å². The first-order chi connectivity index (χ1) is 14.3. The van der Waals surface area contributed by atoms with Crippen molar-refractivity contribution in [3.63, 3.8) is 0 Å². The highest BCUT2D eigenvalue weighted by Crippen LogP contribution is 2.28. The molecule has 0 spiro atoms. The molecule has 5 rings (SSSR count). The molecule has 1 amide bonds. The van der Waals surface area contributed by atoms with Crippen molar-refractivity contribution in [1.29, 1.82) is 0 Å². The zero-order valence-electron chi connectivity index (χ0n) is 16.1. The van der Waals surface area contributed by atoms with E-state index in [1.54, 1.807) is 10.7 Å². The van der Waals surface area contributed by atoms with Gasteiger partial charge in [0.15, 0.2) is 0 Å². The van der Waals surface area contributed by atoms with E-state index in [1.807, 2.05) is 66.2 Å². The third-order valence-electron chi connectivity index (χ3n) is 5.58. The van der Waals surface area contributed by atoms with Gasteiger partial charge in [-0.15, -0.1) is 0 Å². The summed E-state index contributed by atoms with van der Waals surface area (Å²) in [6.07, 6.45) is 13.0. The number of imidazole rings is 1. The first-order valence-corrected chi connectivity index (χ1v) is 9.91. The lowest BCUT2D eigenvalue weighted by molar-refractivity contribution is 0.0705. The Kier molecular flexibility index (Phi) is 4.56. The summed E-state index contributed by atoms with van der Waals surface area (Å²) in [5.74, 6) is 1.31. The largest absolute Gasteiger partial charge is 0.338 e. The molecular formula is C22H22N6O. The number of rotatable bonds is 4. The van der Waals surface area contributed by atoms with Gasteiger partial charge in [0.2, 0.25) is 0 Å². The van der Waals surface area contributed by atoms with Gasteiger partial charge >= 0.3 is 0 Å². The van der Waals surface area contributed by atoms with Gasteiger partial charge < -0.3 is 9.47 Å². The summed E-state index contributed by atoms with van der Waals surface area (Å²) in [6, 6.07) is 9.82. The number of fused-ring (bicyclic) bond motifs is 1. The molecule has 7 heteroatoms. The second-order valence-electron chi connectivity index (χ2n) is 7.45. The number of nitrogens with zero attached hydrogens (tertiary/aromatic N) is 6. The molecule has 0 aromatic carbocycles. The number of pyridine rings is 2. The summed E-state index contributed by atoms with van der Waals surface area (Å²) in [7, 11) is 0. The fourth-order valence-corrected chi connectivity index (χ4v) is 4.14. The smallest absolute Gasteiger partial charge is 0.257 e. The van der Waals surface area contributed by atoms with Gasteiger partial charge in [-0.3, -0.25) is 9.78 Å². The van der Waals surface area contributed by atoms with Crippen LogP contribution in [-0.2, 0) is 6.54 Å². The average Bonchev–Trinajstić information content (AvgIpc) is 3.41. The molecule has 4 aromatic heterocycles. The summed E-state index contributed by atoms with van der Waals surface area (Å²) < 4.78 is 3.93. The topological polar surface area (TPSA) is 68.3 Å². The van der Waals surface area contributed by atoms with E-state index in [0.29, 0.717) is 12.1 Å². The summed E-state index contributed by atoms with van der Waals surface area (Å²) in [6.45, 7) is 2.21. The molecule has 1 aliphatic heterocycles. The van der Waals surface area contributed by atoms with Gasteiger partial charge in [-0.25, -0.2) is 9.50 Å². The van der Waals surface area contributed by atoms with Crippen LogP contribution < -0.4 is 0 Å². The van der Waals surface area contributed by atoms with Crippen molar-refractivity contribution >= 4 is 11.4 Å². The summed E-state index contributed by atoms with van der Waals surface area (Å²) in [5, 5.41) is 4.31. The Bertz CT molecular complexity index is 1130. The Morgan fingerprint density at radius 3 is 2.90 bits per heavy atom. The molecule has 1 atom stereocenters. The SMILES string of the molecule is O=C(c1cnn2ccccc12)N1CCCC(c2nccn2Cc2ccncc2)C1. The quantitative estimate of drug-likeness (QED) is 0.541. The van der Waals surface area contributed by atoms with Gasteiger partial charge in [-0.1, -0.05) is 6.07 Å². The predicted molar refractivity (Wildman–Crippen MR) is 109 cm³/mol. The van der Waals surface area contributed by atoms with Crippen LogP contribution in [0, 0.1) is 0 Å². The van der Waals surface area contributed by atoms with Crippen LogP contribution in [0.3, 0.4) is 0 Å². The van der Waals surface area contributed by atoms with E-state index < -0.39 is 0 Å². The average molecular weight is 386 g/mol. The van der Waals surface area contributed by atoms with Crippen molar-refractivity contribution in [1.82, 2.24) is 29.0 Å². The van der Waals surface area contributed by atoms with E-state index in [2.05, 4.69) is 19.6 Å². The van der Waals surface area contributed by atoms with Crippen molar-refractivity contribution < 1.29 is 4.79 Å². The number of carbonyl (C=O) groups is 1. The highest BCUT2D eigenvalue weighted by molar-refractivity contribution is 6.00. The molecule has 0 bridgehead atoms. The lowest BCUT2D eigenvalue weighted by atomic mass is 9.96. The predicted octanol–water partition coefficient (Wildman–Crippen LogP) is 2.99. The van der Waals surface area contributed by atoms with Crippen LogP contribution in [0.5, 0.6) is 0 Å². The summed E-state index contributed by atoms with van der Waals surface area (Å²) in [5.41, 5.74) is 2.69. The van der Waals surface area contributed by atoms with E-state index in [1.165, 1.54) is 5.56 Å². The Morgan fingerprint density at radius 1 is 1.10 bits per heavy atom. The maximum atomic E-state index is 13.2. The van der Waals surface area contributed by atoms with E-state index in [9.17, 15) is 4.79 Å². The lowest BCUT2D eigenvalue weighted by Gasteiger charge is -2.32. The molecule has 0 aliphatic carbocycles. The zero-order valence-corrected chi connectivity index (χ0v) is 16.1. The highest BCUT2D eigenvalue weighted by Gasteiger charge is 2.29. The van der Waals surface area contributed by atoms with Gasteiger partial charge in [0.1, 0.15) is 5.82 Å². The molecular weight excluding hydrogens is 364 g/mol. The molecule has 0 N–H and O–H groups in total. The van der Waals surface area contributed by atoms with E-state index in [4.69, 9.17) is 0 Å². The highest BCUT2D eigenvalue weighted by atomic mass is 16.2. The minimum absolute atomic E-state index is 0.0446. The monoisotopic (exact) mass is 386 g/mol. The van der Waals surface area contributed by atoms with E-state index in [0.717, 1.165) is 37.3 Å². The van der Waals surface area contributed by atoms with E-state index >= 15 is 0 Å². The maximum Gasteiger partial charge on any atom is 0.257 e. The lowest BCUT2D eigenvalue weighted by Crippen LogP contribution is -2.39. The van der Waals surface area contributed by atoms with Crippen LogP contribution >= 0.6 is 0 Å². The van der Waals surface area contributed by atoms with Crippen molar-refractivity contribution in [3.8, 4) is 0 Å². The minimum Gasteiger partial charge on any atom is -0.338 e. The van der Waals surface area contributed by atoms with Gasteiger partial charge in [-0.05, 0) is 42.7 Å². The molecule has 5 heterocycles. The standard InChI is InChI=1S/C22H22N6O/c29-22(19-14-25-28-12-2-1-5-20(19)28)27-11-3-4-18(16-27)21-24-10-13-26(21)15-17-6-8-23-9-7-17/h1-2,5-10,12-14,18H,3-4,11,15-16H2. The van der Waals surface area contributed by atoms with Crippen molar-refractivity contribution in [3.05, 3.63) is 84.5 Å². The second kappa shape index (κ2) is 7.50. The van der Waals surface area contributed by atoms with Crippen molar-refractivity contribution in [2.45, 2.75) is 25.3 Å². The Balaban J connectivity index is 1.36. The molecule has 0 radical (unpaired) electrons. The maximum absolute atomic E-state index is 13.2. The Labute approximate surface area is 168 Å². The summed E-state index contributed by atoms with van der Waals surface area (Å²) in [4.78, 5) is 23.9. The second-order valence-corrected chi connectivity index (χ2v) is 7.45. The molecule has 1 unspecified atom stereocenters. The van der Waals surface area contributed by atoms with Gasteiger partial charge in [0, 0.05) is 56.5 Å². The molecule has 1 aliphatic rings. The van der Waals surface area contributed by atoms with Crippen LogP contribution in [0.4, 0.5) is 0 Å². The number of hydrogen-bond donors (Lipinski definition) is 0. The number of hydrogen-bond acceptors (Lipinski definition) is 4. The minimum atomic E-state index is 0.0446. The zero-order chi connectivity index (χ0) is 19.6. The molecule has 146 valence electrons. The third kappa shape index (κ3) is 3.40. The number of aromatic nitrogens is 5. The fourth-order valence-electron chi connectivity index (χ4n) is 4.14. The third-order valence-corrected chi connectivity index (χ3v) is 5.58. The molecule has 7 nitrogen and oxygen atoms in total. The molecule has 1 fully saturated rings. The fraction of sp³-hybridized carbons (Fsp3) is 0.273. The molecule has 1 saturated heterocycles. The van der Waals surface area contributed by atoms with Crippen LogP contribution in [-0.4, -0.2) is 48.0 Å². The van der Waals surface area contributed by atoms with Crippen molar-refractivity contribution in [2.24, 2.45) is 0 Å². The Hall–Kier alpha value is -3.48. The van der Waals surface area contributed by atoms with Gasteiger partial charge in [-0.2, -0.15) is 5.10 Å². The first kappa shape index (κ1) is 17.6. The molecule has 0 saturated carbocycles. The normalized spacial score (nSPS) is 17.0. The van der Waals surface area contributed by atoms with Gasteiger partial charge in [0.05, 0.1) is 17.3 Å². The van der Waals surface area contributed by atoms with Crippen molar-refractivity contribution in [2.75, 3.05) is 13.1 Å². The van der Waals surface area contributed by atoms with E-state index in [-0.39, 0.29) is 11.8 Å². The first-order valence-electron chi connectivity index (χ1n) is 9.91. The van der Waals surface area contributed by atoms with Crippen LogP contribution in [0.1, 0.15) is 40.5 Å². The number of likely N-dealkylation sites (tertiary alicyclic amines) is 1. The molecule has 4 aromatic rings. The number of amides is 1. The van der Waals surface area contributed by atoms with Gasteiger partial charge in [0.25, 0.3) is 5.91 Å².